The van der Waals surface area contributed by atoms with Crippen LogP contribution in [0.15, 0.2) is 0 Å². The summed E-state index contributed by atoms with van der Waals surface area (Å²) in [6, 6.07) is 2.36. The molecule has 1 atom stereocenters. The molecule has 106 valence electrons. The van der Waals surface area contributed by atoms with Crippen LogP contribution in [0.2, 0.25) is 0 Å². The normalized spacial score (nSPS) is 24.1. The van der Waals surface area contributed by atoms with E-state index >= 15 is 0 Å². The van der Waals surface area contributed by atoms with Crippen LogP contribution < -0.4 is 0 Å². The lowest BCUT2D eigenvalue weighted by molar-refractivity contribution is 0.115. The Morgan fingerprint density at radius 1 is 1.28 bits per heavy atom. The molecule has 0 aromatic rings. The number of ether oxygens (including phenoxy) is 1. The van der Waals surface area contributed by atoms with Crippen LogP contribution in [0, 0.1) is 22.7 Å². The van der Waals surface area contributed by atoms with Gasteiger partial charge in [0.1, 0.15) is 0 Å². The maximum Gasteiger partial charge on any atom is 0.0669 e. The lowest BCUT2D eigenvalue weighted by atomic mass is 10.1. The molecule has 0 aromatic heterocycles. The minimum absolute atomic E-state index is 0.272. The highest BCUT2D eigenvalue weighted by Gasteiger charge is 2.44. The fraction of sp³-hybridized carbons (Fsp3) is 0.933. The summed E-state index contributed by atoms with van der Waals surface area (Å²) in [7, 11) is 1.78. The molecule has 0 radical (unpaired) electrons. The molecule has 0 N–H and O–H groups in total. The van der Waals surface area contributed by atoms with Gasteiger partial charge in [-0.05, 0) is 25.8 Å². The van der Waals surface area contributed by atoms with E-state index in [1.165, 1.54) is 12.8 Å². The number of methoxy groups -OCH3 is 1. The zero-order valence-corrected chi connectivity index (χ0v) is 12.8. The molecule has 2 aliphatic rings. The van der Waals surface area contributed by atoms with Crippen molar-refractivity contribution in [1.29, 1.82) is 5.26 Å². The Hall–Kier alpha value is -0.590. The number of hydrogen-bond acceptors (Lipinski definition) is 3. The van der Waals surface area contributed by atoms with Gasteiger partial charge in [0.25, 0.3) is 0 Å². The van der Waals surface area contributed by atoms with Crippen LogP contribution in [0.3, 0.4) is 0 Å². The van der Waals surface area contributed by atoms with Crippen LogP contribution in [-0.4, -0.2) is 38.3 Å². The van der Waals surface area contributed by atoms with Crippen molar-refractivity contribution in [3.8, 4) is 6.07 Å². The molecule has 1 unspecified atom stereocenters. The van der Waals surface area contributed by atoms with E-state index in [1.54, 1.807) is 7.11 Å². The summed E-state index contributed by atoms with van der Waals surface area (Å²) in [5.41, 5.74) is 0.444. The van der Waals surface area contributed by atoms with Crippen LogP contribution in [0.4, 0.5) is 0 Å². The largest absolute Gasteiger partial charge is 0.384 e. The molecule has 3 heteroatoms. The van der Waals surface area contributed by atoms with E-state index in [2.05, 4.69) is 11.0 Å². The van der Waals surface area contributed by atoms with E-state index < -0.39 is 0 Å². The van der Waals surface area contributed by atoms with Gasteiger partial charge in [-0.15, -0.1) is 0 Å². The third kappa shape index (κ3) is 5.37. The van der Waals surface area contributed by atoms with E-state index in [0.717, 1.165) is 32.7 Å². The molecule has 18 heavy (non-hydrogen) atoms. The summed E-state index contributed by atoms with van der Waals surface area (Å²) in [5, 5.41) is 8.80. The molecule has 2 rings (SSSR count). The highest BCUT2D eigenvalue weighted by atomic mass is 16.5. The Bertz CT molecular complexity index is 243. The first kappa shape index (κ1) is 17.4. The quantitative estimate of drug-likeness (QED) is 0.772. The average molecular weight is 254 g/mol. The second-order valence-corrected chi connectivity index (χ2v) is 4.78. The first-order valence-corrected chi connectivity index (χ1v) is 7.39. The monoisotopic (exact) mass is 254 g/mol. The summed E-state index contributed by atoms with van der Waals surface area (Å²) >= 11 is 0. The number of nitriles is 1. The van der Waals surface area contributed by atoms with Gasteiger partial charge in [-0.2, -0.15) is 5.26 Å². The topological polar surface area (TPSA) is 36.3 Å². The SMILES string of the molecule is CC.CC.COCC1(CN2CCC(C#N)C2)CC1. The molecule has 3 nitrogen and oxygen atoms in total. The Labute approximate surface area is 113 Å². The second kappa shape index (κ2) is 9.35. The molecule has 0 spiro atoms. The minimum atomic E-state index is 0.272. The predicted octanol–water partition coefficient (Wildman–Crippen LogP) is 3.31. The van der Waals surface area contributed by atoms with E-state index in [-0.39, 0.29) is 5.92 Å². The summed E-state index contributed by atoms with van der Waals surface area (Å²) < 4.78 is 5.24. The Morgan fingerprint density at radius 2 is 1.89 bits per heavy atom. The zero-order chi connectivity index (χ0) is 14.0. The predicted molar refractivity (Wildman–Crippen MR) is 76.4 cm³/mol. The van der Waals surface area contributed by atoms with Crippen molar-refractivity contribution in [2.45, 2.75) is 47.0 Å². The van der Waals surface area contributed by atoms with E-state index in [0.29, 0.717) is 5.41 Å². The van der Waals surface area contributed by atoms with E-state index in [9.17, 15) is 0 Å². The smallest absolute Gasteiger partial charge is 0.0669 e. The maximum absolute atomic E-state index is 8.80. The highest BCUT2D eigenvalue weighted by molar-refractivity contribution is 4.98. The minimum Gasteiger partial charge on any atom is -0.384 e. The molecular formula is C15H30N2O. The molecule has 2 fully saturated rings. The van der Waals surface area contributed by atoms with Crippen molar-refractivity contribution < 1.29 is 4.74 Å². The van der Waals surface area contributed by atoms with Gasteiger partial charge >= 0.3 is 0 Å². The van der Waals surface area contributed by atoms with Crippen molar-refractivity contribution in [2.24, 2.45) is 11.3 Å². The van der Waals surface area contributed by atoms with Gasteiger partial charge < -0.3 is 9.64 Å². The Balaban J connectivity index is 0.000000659. The van der Waals surface area contributed by atoms with Gasteiger partial charge in [0, 0.05) is 25.6 Å². The lowest BCUT2D eigenvalue weighted by Crippen LogP contribution is -2.30. The molecule has 0 bridgehead atoms. The molecule has 1 heterocycles. The van der Waals surface area contributed by atoms with Crippen LogP contribution in [0.25, 0.3) is 0 Å². The van der Waals surface area contributed by atoms with Gasteiger partial charge in [0.2, 0.25) is 0 Å². The standard InChI is InChI=1S/C11H18N2O.2C2H6/c1-14-9-11(3-4-11)8-13-5-2-10(6-12)7-13;2*1-2/h10H,2-5,7-9H2,1H3;2*1-2H3. The van der Waals surface area contributed by atoms with Crippen molar-refractivity contribution in [1.82, 2.24) is 4.90 Å². The van der Waals surface area contributed by atoms with Crippen LogP contribution in [0.5, 0.6) is 0 Å². The number of nitrogens with zero attached hydrogens (tertiary/aromatic N) is 2. The fourth-order valence-electron chi connectivity index (χ4n) is 2.39. The Kier molecular flexibility index (Phi) is 9.05. The number of likely N-dealkylation sites (tertiary alicyclic amines) is 1. The first-order chi connectivity index (χ1) is 8.78. The third-order valence-electron chi connectivity index (χ3n) is 3.42. The second-order valence-electron chi connectivity index (χ2n) is 4.78. The van der Waals surface area contributed by atoms with Crippen molar-refractivity contribution >= 4 is 0 Å². The number of rotatable bonds is 4. The van der Waals surface area contributed by atoms with Crippen LogP contribution in [-0.2, 0) is 4.74 Å². The summed E-state index contributed by atoms with van der Waals surface area (Å²) in [6.45, 7) is 12.1. The summed E-state index contributed by atoms with van der Waals surface area (Å²) in [5.74, 6) is 0.272. The van der Waals surface area contributed by atoms with E-state index in [1.807, 2.05) is 27.7 Å². The molecule has 0 amide bonds. The fourth-order valence-corrected chi connectivity index (χ4v) is 2.39. The molecular weight excluding hydrogens is 224 g/mol. The van der Waals surface area contributed by atoms with Crippen molar-refractivity contribution in [2.75, 3.05) is 33.4 Å². The van der Waals surface area contributed by atoms with Crippen molar-refractivity contribution in [3.05, 3.63) is 0 Å². The van der Waals surface area contributed by atoms with Gasteiger partial charge in [-0.3, -0.25) is 0 Å². The van der Waals surface area contributed by atoms with Gasteiger partial charge in [0.05, 0.1) is 18.6 Å². The lowest BCUT2D eigenvalue weighted by Gasteiger charge is -2.22. The van der Waals surface area contributed by atoms with Gasteiger partial charge in [-0.1, -0.05) is 27.7 Å². The van der Waals surface area contributed by atoms with Crippen molar-refractivity contribution in [3.63, 3.8) is 0 Å². The molecule has 1 aliphatic heterocycles. The zero-order valence-electron chi connectivity index (χ0n) is 12.8. The van der Waals surface area contributed by atoms with E-state index in [4.69, 9.17) is 10.00 Å². The summed E-state index contributed by atoms with van der Waals surface area (Å²) in [6.07, 6.45) is 3.66. The molecule has 1 aliphatic carbocycles. The number of hydrogen-bond donors (Lipinski definition) is 0. The van der Waals surface area contributed by atoms with Crippen LogP contribution >= 0.6 is 0 Å². The molecule has 0 aromatic carbocycles. The average Bonchev–Trinajstić information content (AvgIpc) is 3.03. The molecule has 1 saturated carbocycles. The molecule has 1 saturated heterocycles. The highest BCUT2D eigenvalue weighted by Crippen LogP contribution is 2.46. The van der Waals surface area contributed by atoms with Crippen LogP contribution in [0.1, 0.15) is 47.0 Å². The first-order valence-electron chi connectivity index (χ1n) is 7.39. The summed E-state index contributed by atoms with van der Waals surface area (Å²) in [4.78, 5) is 2.43. The van der Waals surface area contributed by atoms with Gasteiger partial charge in [-0.25, -0.2) is 0 Å². The van der Waals surface area contributed by atoms with Gasteiger partial charge in [0.15, 0.2) is 0 Å². The maximum atomic E-state index is 8.80. The third-order valence-corrected chi connectivity index (χ3v) is 3.42. The Morgan fingerprint density at radius 3 is 2.28 bits per heavy atom.